The van der Waals surface area contributed by atoms with E-state index in [1.165, 1.54) is 0 Å². The zero-order valence-electron chi connectivity index (χ0n) is 14.1. The van der Waals surface area contributed by atoms with E-state index in [2.05, 4.69) is 0 Å². The monoisotopic (exact) mass is 540 g/mol. The molecule has 166 valence electrons. The molecular formula is C12H16Cr3O14. The van der Waals surface area contributed by atoms with E-state index in [9.17, 15) is 28.8 Å². The normalized spacial score (nSPS) is 9.72. The number of aliphatic carboxylic acids is 6. The van der Waals surface area contributed by atoms with Gasteiger partial charge in [0.1, 0.15) is 0 Å². The molecule has 0 heterocycles. The maximum atomic E-state index is 10.3. The summed E-state index contributed by atoms with van der Waals surface area (Å²) in [5, 5.41) is 67.6. The molecule has 0 bridgehead atoms. The molecule has 8 N–H and O–H groups in total. The molecule has 0 amide bonds. The van der Waals surface area contributed by atoms with Crippen molar-refractivity contribution in [3.05, 3.63) is 0 Å². The SMILES string of the molecule is O=C(O)CC(O)(CC(=O)O)C(=O)O.O=C(O)CC(O)(CC(=O)O)C(=O)O.[Cr].[Cr].[Cr]. The Balaban J connectivity index is -0.000000120. The van der Waals surface area contributed by atoms with Crippen molar-refractivity contribution in [3.63, 3.8) is 0 Å². The van der Waals surface area contributed by atoms with Gasteiger partial charge in [-0.1, -0.05) is 0 Å². The number of carboxylic acid groups (broad SMARTS) is 6. The molecule has 0 fully saturated rings. The second-order valence-electron chi connectivity index (χ2n) is 4.96. The Morgan fingerprint density at radius 3 is 0.655 bits per heavy atom. The fourth-order valence-corrected chi connectivity index (χ4v) is 1.43. The number of hydrogen-bond donors (Lipinski definition) is 8. The third-order valence-corrected chi connectivity index (χ3v) is 2.57. The minimum atomic E-state index is -2.74. The summed E-state index contributed by atoms with van der Waals surface area (Å²) < 4.78 is 0. The molecule has 0 aliphatic heterocycles. The molecule has 0 saturated carbocycles. The number of carbonyl (C=O) groups is 6. The Kier molecular flexibility index (Phi) is 21.2. The quantitative estimate of drug-likeness (QED) is 0.142. The van der Waals surface area contributed by atoms with Crippen molar-refractivity contribution in [2.45, 2.75) is 36.9 Å². The maximum Gasteiger partial charge on any atom is 0.336 e. The molecule has 0 radical (unpaired) electrons. The third kappa shape index (κ3) is 16.9. The van der Waals surface area contributed by atoms with Crippen LogP contribution in [0.3, 0.4) is 0 Å². The van der Waals surface area contributed by atoms with Gasteiger partial charge in [-0.2, -0.15) is 0 Å². The van der Waals surface area contributed by atoms with Gasteiger partial charge in [0.2, 0.25) is 0 Å². The summed E-state index contributed by atoms with van der Waals surface area (Å²) in [7, 11) is 0. The van der Waals surface area contributed by atoms with Gasteiger partial charge in [0.15, 0.2) is 11.2 Å². The second kappa shape index (κ2) is 16.2. The summed E-state index contributed by atoms with van der Waals surface area (Å²) in [6, 6.07) is 0. The topological polar surface area (TPSA) is 264 Å². The fraction of sp³-hybridized carbons (Fsp3) is 0.500. The molecule has 0 spiro atoms. The second-order valence-corrected chi connectivity index (χ2v) is 4.96. The van der Waals surface area contributed by atoms with Gasteiger partial charge in [-0.05, 0) is 0 Å². The minimum Gasteiger partial charge on any atom is -0.481 e. The molecule has 0 aromatic heterocycles. The van der Waals surface area contributed by atoms with Gasteiger partial charge in [0, 0.05) is 52.1 Å². The minimum absolute atomic E-state index is 0. The van der Waals surface area contributed by atoms with Crippen molar-refractivity contribution in [1.29, 1.82) is 0 Å². The third-order valence-electron chi connectivity index (χ3n) is 2.57. The van der Waals surface area contributed by atoms with Crippen molar-refractivity contribution in [2.75, 3.05) is 0 Å². The van der Waals surface area contributed by atoms with Gasteiger partial charge in [-0.25, -0.2) is 9.59 Å². The molecule has 0 unspecified atom stereocenters. The number of rotatable bonds is 10. The van der Waals surface area contributed by atoms with Crippen molar-refractivity contribution in [1.82, 2.24) is 0 Å². The van der Waals surface area contributed by atoms with Crippen LogP contribution >= 0.6 is 0 Å². The van der Waals surface area contributed by atoms with Crippen LogP contribution < -0.4 is 0 Å². The molecule has 17 heteroatoms. The molecular weight excluding hydrogens is 524 g/mol. The predicted molar refractivity (Wildman–Crippen MR) is 74.2 cm³/mol. The molecule has 0 aliphatic rings. The fourth-order valence-electron chi connectivity index (χ4n) is 1.43. The van der Waals surface area contributed by atoms with E-state index in [1.807, 2.05) is 0 Å². The molecule has 0 aromatic carbocycles. The van der Waals surface area contributed by atoms with Crippen LogP contribution in [0.2, 0.25) is 0 Å². The largest absolute Gasteiger partial charge is 0.481 e. The van der Waals surface area contributed by atoms with Gasteiger partial charge < -0.3 is 40.9 Å². The van der Waals surface area contributed by atoms with Gasteiger partial charge in [0.05, 0.1) is 25.7 Å². The van der Waals surface area contributed by atoms with Crippen molar-refractivity contribution in [2.24, 2.45) is 0 Å². The van der Waals surface area contributed by atoms with Crippen LogP contribution in [0, 0.1) is 0 Å². The first-order valence-corrected chi connectivity index (χ1v) is 6.34. The van der Waals surface area contributed by atoms with Gasteiger partial charge in [-0.15, -0.1) is 0 Å². The smallest absolute Gasteiger partial charge is 0.336 e. The Morgan fingerprint density at radius 1 is 0.448 bits per heavy atom. The van der Waals surface area contributed by atoms with Crippen LogP contribution in [0.5, 0.6) is 0 Å². The standard InChI is InChI=1S/2C6H8O7.3Cr/c2*7-3(8)1-6(13,5(11)12)2-4(9)10;;;/h2*13H,1-2H2,(H,7,8)(H,9,10)(H,11,12);;;. The molecule has 0 rings (SSSR count). The summed E-state index contributed by atoms with van der Waals surface area (Å²) in [6.07, 6.45) is -4.58. The average Bonchev–Trinajstić information content (AvgIpc) is 2.34. The first-order valence-electron chi connectivity index (χ1n) is 6.34. The van der Waals surface area contributed by atoms with E-state index in [1.54, 1.807) is 0 Å². The average molecular weight is 540 g/mol. The Bertz CT molecular complexity index is 521. The number of aliphatic hydroxyl groups is 2. The van der Waals surface area contributed by atoms with E-state index in [4.69, 9.17) is 40.9 Å². The summed E-state index contributed by atoms with van der Waals surface area (Å²) in [6.45, 7) is 0. The summed E-state index contributed by atoms with van der Waals surface area (Å²) in [5.41, 5.74) is -5.48. The molecule has 0 atom stereocenters. The van der Waals surface area contributed by atoms with Crippen LogP contribution in [0.4, 0.5) is 0 Å². The van der Waals surface area contributed by atoms with Crippen LogP contribution in [-0.2, 0) is 80.9 Å². The maximum absolute atomic E-state index is 10.3. The molecule has 14 nitrogen and oxygen atoms in total. The number of carboxylic acids is 6. The van der Waals surface area contributed by atoms with Crippen molar-refractivity contribution in [3.8, 4) is 0 Å². The summed E-state index contributed by atoms with van der Waals surface area (Å²) in [5.74, 6) is -10.0. The molecule has 0 aromatic rings. The Morgan fingerprint density at radius 2 is 0.586 bits per heavy atom. The zero-order chi connectivity index (χ0) is 21.3. The van der Waals surface area contributed by atoms with Gasteiger partial charge in [0.25, 0.3) is 0 Å². The summed E-state index contributed by atoms with van der Waals surface area (Å²) >= 11 is 0. The molecule has 0 aliphatic carbocycles. The van der Waals surface area contributed by atoms with Crippen LogP contribution in [-0.4, -0.2) is 87.9 Å². The summed E-state index contributed by atoms with van der Waals surface area (Å²) in [4.78, 5) is 61.0. The predicted octanol–water partition coefficient (Wildman–Crippen LogP) is -2.50. The Hall–Kier alpha value is -1.66. The van der Waals surface area contributed by atoms with Gasteiger partial charge >= 0.3 is 35.8 Å². The van der Waals surface area contributed by atoms with Gasteiger partial charge in [-0.3, -0.25) is 19.2 Å². The number of hydrogen-bond acceptors (Lipinski definition) is 8. The van der Waals surface area contributed by atoms with Crippen LogP contribution in [0.1, 0.15) is 25.7 Å². The first kappa shape index (κ1) is 38.0. The van der Waals surface area contributed by atoms with E-state index in [0.717, 1.165) is 0 Å². The molecule has 29 heavy (non-hydrogen) atoms. The first-order chi connectivity index (χ1) is 11.6. The van der Waals surface area contributed by atoms with Crippen LogP contribution in [0.25, 0.3) is 0 Å². The van der Waals surface area contributed by atoms with E-state index >= 15 is 0 Å². The van der Waals surface area contributed by atoms with Crippen molar-refractivity contribution < 1.29 is 122 Å². The Labute approximate surface area is 194 Å². The van der Waals surface area contributed by atoms with Crippen LogP contribution in [0.15, 0.2) is 0 Å². The zero-order valence-corrected chi connectivity index (χ0v) is 17.9. The van der Waals surface area contributed by atoms with E-state index < -0.39 is 72.7 Å². The van der Waals surface area contributed by atoms with Crippen molar-refractivity contribution >= 4 is 35.8 Å². The van der Waals surface area contributed by atoms with E-state index in [-0.39, 0.29) is 52.1 Å². The van der Waals surface area contributed by atoms with E-state index in [0.29, 0.717) is 0 Å². The molecule has 0 saturated heterocycles.